The summed E-state index contributed by atoms with van der Waals surface area (Å²) in [6.45, 7) is 3.65. The molecule has 120 valence electrons. The summed E-state index contributed by atoms with van der Waals surface area (Å²) in [7, 11) is 0. The van der Waals surface area contributed by atoms with Gasteiger partial charge in [-0.2, -0.15) is 0 Å². The second-order valence-electron chi connectivity index (χ2n) is 5.19. The maximum absolute atomic E-state index is 13.5. The van der Waals surface area contributed by atoms with E-state index >= 15 is 0 Å². The molecule has 22 heavy (non-hydrogen) atoms. The Morgan fingerprint density at radius 3 is 3.00 bits per heavy atom. The van der Waals surface area contributed by atoms with Crippen LogP contribution in [0.15, 0.2) is 18.2 Å². The van der Waals surface area contributed by atoms with Gasteiger partial charge >= 0.3 is 5.97 Å². The third kappa shape index (κ3) is 4.18. The average molecular weight is 330 g/mol. The molecule has 0 aromatic heterocycles. The van der Waals surface area contributed by atoms with Crippen LogP contribution in [0.1, 0.15) is 18.9 Å². The van der Waals surface area contributed by atoms with E-state index in [0.717, 1.165) is 10.5 Å². The molecule has 2 rings (SSSR count). The molecule has 0 saturated carbocycles. The van der Waals surface area contributed by atoms with E-state index in [4.69, 9.17) is 16.3 Å². The number of hydrogen-bond donors (Lipinski definition) is 2. The number of halogens is 2. The number of hydrogen-bond acceptors (Lipinski definition) is 3. The molecule has 1 heterocycles. The highest BCUT2D eigenvalue weighted by Crippen LogP contribution is 2.15. The van der Waals surface area contributed by atoms with E-state index < -0.39 is 17.8 Å². The van der Waals surface area contributed by atoms with E-state index in [-0.39, 0.29) is 24.0 Å². The first-order valence-corrected chi connectivity index (χ1v) is 7.61. The Hall–Kier alpha value is -1.66. The molecule has 7 heteroatoms. The molecule has 2 atom stereocenters. The number of benzene rings is 1. The Morgan fingerprint density at radius 2 is 2.32 bits per heavy atom. The Labute approximate surface area is 133 Å². The van der Waals surface area contributed by atoms with Crippen molar-refractivity contribution in [1.82, 2.24) is 5.32 Å². The van der Waals surface area contributed by atoms with E-state index in [0.29, 0.717) is 19.6 Å². The van der Waals surface area contributed by atoms with E-state index in [1.807, 2.05) is 0 Å². The van der Waals surface area contributed by atoms with Crippen molar-refractivity contribution < 1.29 is 23.6 Å². The molecule has 1 aromatic carbocycles. The predicted octanol–water partition coefficient (Wildman–Crippen LogP) is 0.316. The molecule has 1 amide bonds. The molecule has 0 spiro atoms. The second kappa shape index (κ2) is 7.56. The highest BCUT2D eigenvalue weighted by atomic mass is 35.5. The van der Waals surface area contributed by atoms with Crippen LogP contribution >= 0.6 is 11.6 Å². The summed E-state index contributed by atoms with van der Waals surface area (Å²) in [5.41, 5.74) is 0.737. The lowest BCUT2D eigenvalue weighted by Crippen LogP contribution is -3.18. The molecule has 1 saturated heterocycles. The fraction of sp³-hybridized carbons (Fsp3) is 0.467. The minimum atomic E-state index is -0.522. The second-order valence-corrected chi connectivity index (χ2v) is 5.59. The Morgan fingerprint density at radius 1 is 1.55 bits per heavy atom. The van der Waals surface area contributed by atoms with Crippen LogP contribution in [-0.2, 0) is 20.9 Å². The monoisotopic (exact) mass is 329 g/mol. The Balaban J connectivity index is 2.09. The van der Waals surface area contributed by atoms with Gasteiger partial charge in [0.1, 0.15) is 18.8 Å². The smallest absolute Gasteiger partial charge is 0.312 e. The molecular formula is C15H19ClFN2O3+. The van der Waals surface area contributed by atoms with Gasteiger partial charge in [-0.15, -0.1) is 0 Å². The van der Waals surface area contributed by atoms with E-state index in [2.05, 4.69) is 5.32 Å². The Kier molecular flexibility index (Phi) is 5.74. The van der Waals surface area contributed by atoms with Crippen LogP contribution in [0, 0.1) is 5.82 Å². The topological polar surface area (TPSA) is 59.8 Å². The van der Waals surface area contributed by atoms with Gasteiger partial charge in [0.05, 0.1) is 24.7 Å². The summed E-state index contributed by atoms with van der Waals surface area (Å²) in [6, 6.07) is 4.07. The van der Waals surface area contributed by atoms with Crippen LogP contribution in [0.4, 0.5) is 4.39 Å². The number of ether oxygens (including phenoxy) is 1. The maximum atomic E-state index is 13.5. The number of piperazine rings is 1. The standard InChI is InChI=1S/C15H18ClFN2O3/c1-2-22-14(20)8-13-15(21)18-5-6-19(13)9-10-3-4-11(16)12(17)7-10/h3-4,7,13H,2,5-6,8-9H2,1H3,(H,18,21)/p+1/t13-/m0/s1. The first-order valence-electron chi connectivity index (χ1n) is 7.23. The molecule has 1 aliphatic heterocycles. The van der Waals surface area contributed by atoms with Crippen molar-refractivity contribution in [2.45, 2.75) is 25.9 Å². The lowest BCUT2D eigenvalue weighted by Gasteiger charge is -2.31. The van der Waals surface area contributed by atoms with E-state index in [1.54, 1.807) is 13.0 Å². The molecule has 2 N–H and O–H groups in total. The number of esters is 1. The van der Waals surface area contributed by atoms with Gasteiger partial charge in [0.15, 0.2) is 6.04 Å². The van der Waals surface area contributed by atoms with E-state index in [1.165, 1.54) is 12.1 Å². The number of carbonyl (C=O) groups is 2. The van der Waals surface area contributed by atoms with Gasteiger partial charge in [0.2, 0.25) is 0 Å². The van der Waals surface area contributed by atoms with Crippen molar-refractivity contribution in [3.05, 3.63) is 34.6 Å². The molecule has 0 aliphatic carbocycles. The maximum Gasteiger partial charge on any atom is 0.312 e. The first-order chi connectivity index (χ1) is 10.5. The van der Waals surface area contributed by atoms with Gasteiger partial charge in [-0.05, 0) is 19.1 Å². The Bertz CT molecular complexity index is 568. The van der Waals surface area contributed by atoms with Crippen molar-refractivity contribution in [2.75, 3.05) is 19.7 Å². The van der Waals surface area contributed by atoms with E-state index in [9.17, 15) is 14.0 Å². The average Bonchev–Trinajstić information content (AvgIpc) is 2.47. The van der Waals surface area contributed by atoms with Crippen molar-refractivity contribution in [3.63, 3.8) is 0 Å². The summed E-state index contributed by atoms with van der Waals surface area (Å²) in [5.74, 6) is -1.06. The van der Waals surface area contributed by atoms with Crippen molar-refractivity contribution in [2.24, 2.45) is 0 Å². The van der Waals surface area contributed by atoms with Crippen LogP contribution in [-0.4, -0.2) is 37.6 Å². The quantitative estimate of drug-likeness (QED) is 0.765. The number of quaternary nitrogens is 1. The summed E-state index contributed by atoms with van der Waals surface area (Å²) < 4.78 is 18.4. The molecular weight excluding hydrogens is 311 g/mol. The van der Waals surface area contributed by atoms with Gasteiger partial charge in [-0.25, -0.2) is 4.39 Å². The number of carbonyl (C=O) groups excluding carboxylic acids is 2. The minimum absolute atomic E-state index is 0.0189. The number of amides is 1. The SMILES string of the molecule is CCOC(=O)C[C@H]1C(=O)NCC[NH+]1Cc1ccc(Cl)c(F)c1. The van der Waals surface area contributed by atoms with Crippen LogP contribution in [0.2, 0.25) is 5.02 Å². The van der Waals surface area contributed by atoms with Gasteiger partial charge in [0.25, 0.3) is 5.91 Å². The van der Waals surface area contributed by atoms with Crippen molar-refractivity contribution >= 4 is 23.5 Å². The number of nitrogens with one attached hydrogen (secondary N) is 2. The highest BCUT2D eigenvalue weighted by Gasteiger charge is 2.35. The van der Waals surface area contributed by atoms with Crippen LogP contribution in [0.5, 0.6) is 0 Å². The van der Waals surface area contributed by atoms with Crippen molar-refractivity contribution in [3.8, 4) is 0 Å². The predicted molar refractivity (Wildman–Crippen MR) is 79.0 cm³/mol. The van der Waals surface area contributed by atoms with Crippen LogP contribution in [0.25, 0.3) is 0 Å². The summed E-state index contributed by atoms with van der Waals surface area (Å²) >= 11 is 5.67. The molecule has 1 aromatic rings. The normalized spacial score (nSPS) is 21.3. The van der Waals surface area contributed by atoms with Gasteiger partial charge in [0, 0.05) is 5.56 Å². The zero-order valence-electron chi connectivity index (χ0n) is 12.3. The molecule has 0 radical (unpaired) electrons. The van der Waals surface area contributed by atoms with Gasteiger partial charge in [-0.3, -0.25) is 9.59 Å². The largest absolute Gasteiger partial charge is 0.466 e. The van der Waals surface area contributed by atoms with Crippen LogP contribution < -0.4 is 10.2 Å². The molecule has 1 aliphatic rings. The third-order valence-electron chi connectivity index (χ3n) is 3.65. The molecule has 5 nitrogen and oxygen atoms in total. The molecule has 1 fully saturated rings. The lowest BCUT2D eigenvalue weighted by molar-refractivity contribution is -0.930. The number of rotatable bonds is 5. The zero-order chi connectivity index (χ0) is 16.1. The summed E-state index contributed by atoms with van der Waals surface area (Å²) in [6.07, 6.45) is 0.0189. The highest BCUT2D eigenvalue weighted by molar-refractivity contribution is 6.30. The van der Waals surface area contributed by atoms with Crippen molar-refractivity contribution in [1.29, 1.82) is 0 Å². The van der Waals surface area contributed by atoms with Crippen LogP contribution in [0.3, 0.4) is 0 Å². The fourth-order valence-corrected chi connectivity index (χ4v) is 2.69. The molecule has 1 unspecified atom stereocenters. The first kappa shape index (κ1) is 16.7. The fourth-order valence-electron chi connectivity index (χ4n) is 2.58. The minimum Gasteiger partial charge on any atom is -0.466 e. The van der Waals surface area contributed by atoms with Gasteiger partial charge in [-0.1, -0.05) is 17.7 Å². The van der Waals surface area contributed by atoms with Gasteiger partial charge < -0.3 is 15.0 Å². The lowest BCUT2D eigenvalue weighted by atomic mass is 10.1. The summed E-state index contributed by atoms with van der Waals surface area (Å²) in [4.78, 5) is 24.6. The zero-order valence-corrected chi connectivity index (χ0v) is 13.1. The summed E-state index contributed by atoms with van der Waals surface area (Å²) in [5, 5.41) is 2.82. The third-order valence-corrected chi connectivity index (χ3v) is 3.95. The molecule has 0 bridgehead atoms.